The van der Waals surface area contributed by atoms with Gasteiger partial charge in [0.15, 0.2) is 11.5 Å². The van der Waals surface area contributed by atoms with Crippen LogP contribution in [-0.2, 0) is 36.9 Å². The number of hydrogen-bond acceptors (Lipinski definition) is 8. The quantitative estimate of drug-likeness (QED) is 0.370. The van der Waals surface area contributed by atoms with Gasteiger partial charge in [0.05, 0.1) is 20.3 Å². The molecule has 2 atom stereocenters. The molecule has 2 aromatic carbocycles. The van der Waals surface area contributed by atoms with E-state index in [4.69, 9.17) is 24.1 Å². The lowest BCUT2D eigenvalue weighted by atomic mass is 10.1. The third-order valence-electron chi connectivity index (χ3n) is 7.40. The molecule has 1 saturated heterocycles. The molecule has 13 heteroatoms. The monoisotopic (exact) mass is 621 g/mol. The van der Waals surface area contributed by atoms with Crippen LogP contribution >= 0.6 is 0 Å². The lowest BCUT2D eigenvalue weighted by molar-refractivity contribution is -0.144. The smallest absolute Gasteiger partial charge is 0.290 e. The average Bonchev–Trinajstić information content (AvgIpc) is 3.75. The molecule has 0 unspecified atom stereocenters. The second kappa shape index (κ2) is 16.8. The number of hydrogen-bond donors (Lipinski definition) is 3. The van der Waals surface area contributed by atoms with Crippen LogP contribution in [0.25, 0.3) is 11.4 Å². The number of nitrogens with one attached hydrogen (secondary N) is 2. The number of nitrogens with zero attached hydrogens (tertiary/aromatic N) is 3. The molecule has 0 aliphatic carbocycles. The molecule has 1 fully saturated rings. The van der Waals surface area contributed by atoms with Gasteiger partial charge in [0.1, 0.15) is 18.0 Å². The number of fused-ring (bicyclic) bond motifs is 4. The summed E-state index contributed by atoms with van der Waals surface area (Å²) in [6.07, 6.45) is 5.20. The average molecular weight is 622 g/mol. The minimum Gasteiger partial charge on any atom is -0.493 e. The van der Waals surface area contributed by atoms with Gasteiger partial charge in [-0.25, -0.2) is 4.98 Å². The summed E-state index contributed by atoms with van der Waals surface area (Å²) in [4.78, 5) is 54.4. The van der Waals surface area contributed by atoms with Crippen molar-refractivity contribution in [2.75, 3.05) is 40.0 Å². The minimum absolute atomic E-state index is 0.186. The molecular weight excluding hydrogens is 582 g/mol. The van der Waals surface area contributed by atoms with E-state index in [1.807, 2.05) is 59.3 Å². The Morgan fingerprint density at radius 3 is 2.67 bits per heavy atom. The first-order valence-electron chi connectivity index (χ1n) is 14.8. The number of ether oxygens (including phenoxy) is 3. The summed E-state index contributed by atoms with van der Waals surface area (Å²) in [6.45, 7) is 1.46. The van der Waals surface area contributed by atoms with Crippen molar-refractivity contribution in [3.05, 3.63) is 66.5 Å². The molecule has 45 heavy (non-hydrogen) atoms. The molecular formula is C32H39N5O8. The third-order valence-corrected chi connectivity index (χ3v) is 7.40. The van der Waals surface area contributed by atoms with Crippen LogP contribution in [0, 0.1) is 0 Å². The summed E-state index contributed by atoms with van der Waals surface area (Å²) in [5, 5.41) is 12.7. The number of amides is 3. The molecule has 13 nitrogen and oxygen atoms in total. The van der Waals surface area contributed by atoms with Crippen molar-refractivity contribution < 1.29 is 38.5 Å². The van der Waals surface area contributed by atoms with Crippen molar-refractivity contribution >= 4 is 24.2 Å². The number of methoxy groups -OCH3 is 1. The van der Waals surface area contributed by atoms with E-state index in [-0.39, 0.29) is 31.4 Å². The highest BCUT2D eigenvalue weighted by molar-refractivity contribution is 5.91. The SMILES string of the molecule is COc1ccc2cc1OCCCN(C(=O)[C@@H]1CCCO1)CC(=O)N[C@@H](Cc1ccccc1)C(=O)NCCn1ccnc1-2.O=CO. The third kappa shape index (κ3) is 9.29. The van der Waals surface area contributed by atoms with Crippen molar-refractivity contribution in [1.82, 2.24) is 25.1 Å². The van der Waals surface area contributed by atoms with Crippen LogP contribution in [-0.4, -0.2) is 95.9 Å². The lowest BCUT2D eigenvalue weighted by Gasteiger charge is -2.26. The highest BCUT2D eigenvalue weighted by Crippen LogP contribution is 2.32. The van der Waals surface area contributed by atoms with E-state index in [0.717, 1.165) is 23.4 Å². The fourth-order valence-electron chi connectivity index (χ4n) is 5.25. The maximum atomic E-state index is 13.4. The van der Waals surface area contributed by atoms with Crippen LogP contribution in [0.1, 0.15) is 24.8 Å². The first-order chi connectivity index (χ1) is 21.9. The van der Waals surface area contributed by atoms with Gasteiger partial charge in [0.2, 0.25) is 11.8 Å². The fraction of sp³-hybridized carbons (Fsp3) is 0.406. The summed E-state index contributed by atoms with van der Waals surface area (Å²) >= 11 is 0. The van der Waals surface area contributed by atoms with E-state index >= 15 is 0 Å². The maximum absolute atomic E-state index is 13.4. The second-order valence-electron chi connectivity index (χ2n) is 10.5. The number of aromatic nitrogens is 2. The largest absolute Gasteiger partial charge is 0.493 e. The van der Waals surface area contributed by atoms with Crippen LogP contribution in [0.4, 0.5) is 0 Å². The van der Waals surface area contributed by atoms with Crippen LogP contribution in [0.3, 0.4) is 0 Å². The number of carbonyl (C=O) groups is 4. The Kier molecular flexibility index (Phi) is 12.3. The first-order valence-corrected chi connectivity index (χ1v) is 14.8. The molecule has 3 amide bonds. The molecule has 3 N–H and O–H groups in total. The zero-order chi connectivity index (χ0) is 32.0. The Morgan fingerprint density at radius 2 is 1.93 bits per heavy atom. The zero-order valence-corrected chi connectivity index (χ0v) is 25.2. The van der Waals surface area contributed by atoms with Gasteiger partial charge >= 0.3 is 0 Å². The van der Waals surface area contributed by atoms with Gasteiger partial charge in [-0.2, -0.15) is 0 Å². The lowest BCUT2D eigenvalue weighted by Crippen LogP contribution is -2.52. The Balaban J connectivity index is 0.00000148. The maximum Gasteiger partial charge on any atom is 0.290 e. The van der Waals surface area contributed by atoms with Gasteiger partial charge in [-0.1, -0.05) is 30.3 Å². The van der Waals surface area contributed by atoms with E-state index in [9.17, 15) is 14.4 Å². The molecule has 2 bridgehead atoms. The number of rotatable bonds is 4. The molecule has 2 aliphatic rings. The van der Waals surface area contributed by atoms with Gasteiger partial charge in [-0.05, 0) is 43.0 Å². The van der Waals surface area contributed by atoms with Crippen molar-refractivity contribution in [3.8, 4) is 22.9 Å². The molecule has 0 spiro atoms. The van der Waals surface area contributed by atoms with Crippen LogP contribution in [0.2, 0.25) is 0 Å². The van der Waals surface area contributed by atoms with Gasteiger partial charge in [0.25, 0.3) is 12.4 Å². The normalized spacial score (nSPS) is 19.3. The van der Waals surface area contributed by atoms with Crippen LogP contribution in [0.5, 0.6) is 11.5 Å². The Hall–Kier alpha value is -4.91. The molecule has 3 heterocycles. The molecule has 5 rings (SSSR count). The summed E-state index contributed by atoms with van der Waals surface area (Å²) in [5.41, 5.74) is 1.75. The van der Waals surface area contributed by atoms with E-state index in [1.165, 1.54) is 4.90 Å². The number of benzene rings is 2. The van der Waals surface area contributed by atoms with Gasteiger partial charge in [0, 0.05) is 50.6 Å². The molecule has 0 radical (unpaired) electrons. The van der Waals surface area contributed by atoms with Gasteiger partial charge in [-0.3, -0.25) is 19.2 Å². The summed E-state index contributed by atoms with van der Waals surface area (Å²) in [6, 6.07) is 14.3. The van der Waals surface area contributed by atoms with Crippen molar-refractivity contribution in [2.45, 2.75) is 44.4 Å². The minimum atomic E-state index is -0.812. The Morgan fingerprint density at radius 1 is 1.13 bits per heavy atom. The predicted octanol–water partition coefficient (Wildman–Crippen LogP) is 1.89. The standard InChI is InChI=1S/C31H37N5O6.CH2O2/c1-40-25-11-10-23-20-27(25)42-18-6-14-36(31(39)26-9-5-17-41-26)21-28(37)34-24(19-22-7-3-2-4-8-22)30(38)33-13-16-35-15-12-32-29(23)35;2-1-3/h2-4,7-8,10-12,15,20,24,26H,5-6,9,13-14,16-19,21H2,1H3,(H,33,38)(H,34,37);1H,(H,2,3)/t24-,26-;/m0./s1. The highest BCUT2D eigenvalue weighted by atomic mass is 16.5. The van der Waals surface area contributed by atoms with Gasteiger partial charge < -0.3 is 39.4 Å². The first kappa shape index (κ1) is 33.0. The van der Waals surface area contributed by atoms with Gasteiger partial charge in [-0.15, -0.1) is 0 Å². The number of carbonyl (C=O) groups excluding carboxylic acids is 3. The summed E-state index contributed by atoms with van der Waals surface area (Å²) in [7, 11) is 1.58. The number of carboxylic acid groups (broad SMARTS) is 1. The second-order valence-corrected chi connectivity index (χ2v) is 10.5. The highest BCUT2D eigenvalue weighted by Gasteiger charge is 2.30. The van der Waals surface area contributed by atoms with Crippen molar-refractivity contribution in [3.63, 3.8) is 0 Å². The van der Waals surface area contributed by atoms with E-state index in [2.05, 4.69) is 15.6 Å². The molecule has 2 aliphatic heterocycles. The Labute approximate surface area is 261 Å². The zero-order valence-electron chi connectivity index (χ0n) is 25.2. The van der Waals surface area contributed by atoms with Crippen molar-refractivity contribution in [2.24, 2.45) is 0 Å². The predicted molar refractivity (Wildman–Crippen MR) is 164 cm³/mol. The van der Waals surface area contributed by atoms with Crippen molar-refractivity contribution in [1.29, 1.82) is 0 Å². The summed E-state index contributed by atoms with van der Waals surface area (Å²) in [5.74, 6) is 0.915. The molecule has 1 aromatic heterocycles. The summed E-state index contributed by atoms with van der Waals surface area (Å²) < 4.78 is 19.2. The van der Waals surface area contributed by atoms with E-state index < -0.39 is 18.1 Å². The molecule has 240 valence electrons. The van der Waals surface area contributed by atoms with E-state index in [1.54, 1.807) is 13.3 Å². The topological polar surface area (TPSA) is 161 Å². The van der Waals surface area contributed by atoms with Crippen LogP contribution in [0.15, 0.2) is 60.9 Å². The Bertz CT molecular complexity index is 1420. The molecule has 0 saturated carbocycles. The fourth-order valence-corrected chi connectivity index (χ4v) is 5.25. The van der Waals surface area contributed by atoms with E-state index in [0.29, 0.717) is 57.1 Å². The molecule has 3 aromatic rings. The van der Waals surface area contributed by atoms with Crippen LogP contribution < -0.4 is 20.1 Å². The number of imidazole rings is 1.